The lowest BCUT2D eigenvalue weighted by atomic mass is 9.70. The molecule has 0 aromatic heterocycles. The van der Waals surface area contributed by atoms with E-state index >= 15 is 0 Å². The van der Waals surface area contributed by atoms with Gasteiger partial charge in [-0.3, -0.25) is 9.59 Å². The summed E-state index contributed by atoms with van der Waals surface area (Å²) in [7, 11) is 0. The SMILES string of the molecule is O=C1CCCC2=C1C(c1cc(Br)ccc1O)C1=C(CCCC1=O)N2Cc1ccccc1. The van der Waals surface area contributed by atoms with Crippen LogP contribution in [0.1, 0.15) is 55.6 Å². The minimum Gasteiger partial charge on any atom is -0.508 e. The molecule has 5 heteroatoms. The van der Waals surface area contributed by atoms with Crippen LogP contribution < -0.4 is 0 Å². The van der Waals surface area contributed by atoms with Crippen molar-refractivity contribution in [2.24, 2.45) is 0 Å². The number of rotatable bonds is 3. The van der Waals surface area contributed by atoms with Crippen LogP contribution in [0.25, 0.3) is 0 Å². The van der Waals surface area contributed by atoms with Crippen molar-refractivity contribution in [1.82, 2.24) is 4.90 Å². The van der Waals surface area contributed by atoms with Gasteiger partial charge in [-0.2, -0.15) is 0 Å². The number of ketones is 2. The number of halogens is 1. The molecule has 1 N–H and O–H groups in total. The second-order valence-corrected chi connectivity index (χ2v) is 9.40. The third-order valence-corrected chi connectivity index (χ3v) is 7.06. The van der Waals surface area contributed by atoms with Crippen molar-refractivity contribution >= 4 is 27.5 Å². The zero-order valence-corrected chi connectivity index (χ0v) is 18.8. The number of phenolic OH excluding ortho intramolecular Hbond substituents is 1. The Bertz CT molecular complexity index is 1090. The molecule has 31 heavy (non-hydrogen) atoms. The second kappa shape index (κ2) is 8.12. The highest BCUT2D eigenvalue weighted by molar-refractivity contribution is 9.10. The molecule has 158 valence electrons. The Morgan fingerprint density at radius 2 is 1.48 bits per heavy atom. The van der Waals surface area contributed by atoms with Crippen molar-refractivity contribution in [2.75, 3.05) is 0 Å². The van der Waals surface area contributed by atoms with Crippen LogP contribution in [0, 0.1) is 0 Å². The highest BCUT2D eigenvalue weighted by atomic mass is 79.9. The Labute approximate surface area is 190 Å². The number of hydrogen-bond donors (Lipinski definition) is 1. The number of aromatic hydroxyl groups is 1. The van der Waals surface area contributed by atoms with Crippen LogP contribution in [0.4, 0.5) is 0 Å². The van der Waals surface area contributed by atoms with E-state index in [1.807, 2.05) is 24.3 Å². The summed E-state index contributed by atoms with van der Waals surface area (Å²) in [6, 6.07) is 15.5. The van der Waals surface area contributed by atoms with Gasteiger partial charge in [-0.05, 0) is 49.4 Å². The van der Waals surface area contributed by atoms with Gasteiger partial charge in [0, 0.05) is 57.9 Å². The quantitative estimate of drug-likeness (QED) is 0.609. The summed E-state index contributed by atoms with van der Waals surface area (Å²) in [6.45, 7) is 0.649. The zero-order valence-electron chi connectivity index (χ0n) is 17.2. The van der Waals surface area contributed by atoms with E-state index in [1.54, 1.807) is 12.1 Å². The third kappa shape index (κ3) is 3.55. The Hall–Kier alpha value is -2.66. The number of phenols is 1. The molecule has 2 aliphatic carbocycles. The fourth-order valence-corrected chi connectivity index (χ4v) is 5.62. The number of carbonyl (C=O) groups is 2. The molecule has 0 fully saturated rings. The molecule has 1 heterocycles. The molecule has 5 rings (SSSR count). The summed E-state index contributed by atoms with van der Waals surface area (Å²) in [5.41, 5.74) is 5.24. The van der Waals surface area contributed by atoms with Gasteiger partial charge in [-0.25, -0.2) is 0 Å². The molecule has 0 saturated heterocycles. The first-order chi connectivity index (χ1) is 15.0. The van der Waals surface area contributed by atoms with Gasteiger partial charge < -0.3 is 10.0 Å². The number of benzene rings is 2. The maximum absolute atomic E-state index is 13.3. The lowest BCUT2D eigenvalue weighted by molar-refractivity contribution is -0.117. The van der Waals surface area contributed by atoms with Gasteiger partial charge >= 0.3 is 0 Å². The molecule has 2 aromatic carbocycles. The number of hydrogen-bond acceptors (Lipinski definition) is 4. The molecule has 3 aliphatic rings. The van der Waals surface area contributed by atoms with Crippen molar-refractivity contribution in [1.29, 1.82) is 0 Å². The monoisotopic (exact) mass is 477 g/mol. The van der Waals surface area contributed by atoms with Crippen molar-refractivity contribution in [2.45, 2.75) is 51.0 Å². The van der Waals surface area contributed by atoms with E-state index in [4.69, 9.17) is 0 Å². The molecular weight excluding hydrogens is 454 g/mol. The van der Waals surface area contributed by atoms with E-state index in [1.165, 1.54) is 0 Å². The van der Waals surface area contributed by atoms with E-state index in [-0.39, 0.29) is 17.3 Å². The predicted octanol–water partition coefficient (Wildman–Crippen LogP) is 5.77. The van der Waals surface area contributed by atoms with Crippen LogP contribution in [0.3, 0.4) is 0 Å². The van der Waals surface area contributed by atoms with Gasteiger partial charge in [0.2, 0.25) is 0 Å². The summed E-state index contributed by atoms with van der Waals surface area (Å²) in [4.78, 5) is 28.8. The summed E-state index contributed by atoms with van der Waals surface area (Å²) < 4.78 is 0.822. The first-order valence-electron chi connectivity index (χ1n) is 10.9. The van der Waals surface area contributed by atoms with E-state index < -0.39 is 5.92 Å². The first-order valence-corrected chi connectivity index (χ1v) is 11.7. The van der Waals surface area contributed by atoms with Crippen LogP contribution in [0.5, 0.6) is 5.75 Å². The van der Waals surface area contributed by atoms with Crippen molar-refractivity contribution < 1.29 is 14.7 Å². The van der Waals surface area contributed by atoms with Crippen LogP contribution in [-0.2, 0) is 16.1 Å². The van der Waals surface area contributed by atoms with E-state index in [0.717, 1.165) is 47.1 Å². The summed E-state index contributed by atoms with van der Waals surface area (Å²) >= 11 is 3.50. The Morgan fingerprint density at radius 1 is 0.871 bits per heavy atom. The highest BCUT2D eigenvalue weighted by Gasteiger charge is 2.44. The lowest BCUT2D eigenvalue weighted by Gasteiger charge is -2.44. The van der Waals surface area contributed by atoms with Crippen LogP contribution in [-0.4, -0.2) is 21.6 Å². The minimum atomic E-state index is -0.491. The summed E-state index contributed by atoms with van der Waals surface area (Å²) in [6.07, 6.45) is 4.22. The molecule has 0 radical (unpaired) electrons. The second-order valence-electron chi connectivity index (χ2n) is 8.48. The van der Waals surface area contributed by atoms with Crippen molar-refractivity contribution in [3.05, 3.63) is 86.7 Å². The fraction of sp³-hybridized carbons (Fsp3) is 0.308. The average Bonchev–Trinajstić information content (AvgIpc) is 2.77. The molecule has 0 bridgehead atoms. The van der Waals surface area contributed by atoms with Crippen LogP contribution in [0.2, 0.25) is 0 Å². The van der Waals surface area contributed by atoms with Gasteiger partial charge in [-0.1, -0.05) is 46.3 Å². The van der Waals surface area contributed by atoms with Crippen molar-refractivity contribution in [3.8, 4) is 5.75 Å². The summed E-state index contributed by atoms with van der Waals surface area (Å²) in [5, 5.41) is 10.7. The van der Waals surface area contributed by atoms with Gasteiger partial charge in [0.05, 0.1) is 0 Å². The van der Waals surface area contributed by atoms with E-state index in [2.05, 4.69) is 33.0 Å². The van der Waals surface area contributed by atoms with Gasteiger partial charge in [0.15, 0.2) is 11.6 Å². The first kappa shape index (κ1) is 20.3. The highest BCUT2D eigenvalue weighted by Crippen LogP contribution is 2.51. The Morgan fingerprint density at radius 3 is 2.10 bits per heavy atom. The number of allylic oxidation sites excluding steroid dienone is 4. The number of nitrogens with zero attached hydrogens (tertiary/aromatic N) is 1. The van der Waals surface area contributed by atoms with Gasteiger partial charge in [0.1, 0.15) is 5.75 Å². The normalized spacial score (nSPS) is 19.6. The van der Waals surface area contributed by atoms with Crippen LogP contribution in [0.15, 0.2) is 75.5 Å². The van der Waals surface area contributed by atoms with E-state index in [9.17, 15) is 14.7 Å². The minimum absolute atomic E-state index is 0.0913. The lowest BCUT2D eigenvalue weighted by Crippen LogP contribution is -2.38. The van der Waals surface area contributed by atoms with Gasteiger partial charge in [0.25, 0.3) is 0 Å². The maximum Gasteiger partial charge on any atom is 0.161 e. The molecule has 0 saturated carbocycles. The third-order valence-electron chi connectivity index (χ3n) is 6.57. The smallest absolute Gasteiger partial charge is 0.161 e. The number of carbonyl (C=O) groups excluding carboxylic acids is 2. The summed E-state index contributed by atoms with van der Waals surface area (Å²) in [5.74, 6) is -0.183. The largest absolute Gasteiger partial charge is 0.508 e. The molecule has 0 atom stereocenters. The van der Waals surface area contributed by atoms with E-state index in [0.29, 0.717) is 36.1 Å². The molecule has 0 amide bonds. The maximum atomic E-state index is 13.3. The zero-order chi connectivity index (χ0) is 21.5. The van der Waals surface area contributed by atoms with Crippen molar-refractivity contribution in [3.63, 3.8) is 0 Å². The number of Topliss-reactive ketones (excluding diaryl/α,β-unsaturated/α-hetero) is 2. The molecule has 0 spiro atoms. The van der Waals surface area contributed by atoms with Crippen LogP contribution >= 0.6 is 15.9 Å². The Kier molecular flexibility index (Phi) is 5.30. The molecule has 1 aliphatic heterocycles. The average molecular weight is 478 g/mol. The molecular formula is C26H24BrNO3. The Balaban J connectivity index is 1.74. The molecule has 0 unspecified atom stereocenters. The standard InChI is InChI=1S/C26H24BrNO3/c27-17-12-13-21(29)18(14-17)24-25-19(8-4-10-22(25)30)28(15-16-6-2-1-3-7-16)20-9-5-11-23(31)26(20)24/h1-3,6-7,12-14,24,29H,4-5,8-11,15H2. The predicted molar refractivity (Wildman–Crippen MR) is 122 cm³/mol. The van der Waals surface area contributed by atoms with Gasteiger partial charge in [-0.15, -0.1) is 0 Å². The molecule has 2 aromatic rings. The fourth-order valence-electron chi connectivity index (χ4n) is 5.24. The molecule has 4 nitrogen and oxygen atoms in total. The topological polar surface area (TPSA) is 57.6 Å².